The summed E-state index contributed by atoms with van der Waals surface area (Å²) in [4.78, 5) is 9.17. The number of aliphatic imine (C=N–C) groups is 2. The standard InChI is InChI=1S/C19H20N10O/c1-2-15(7-16-12(1)8-21-25-16)29-18-17(26-27-29)10-20-19(24-18)23-13-9-22-28(11-13)14-3-5-30-6-4-14/h1-2,7-11,14,17-18H,3-6H2,(H,21,25)(H,23,24). The van der Waals surface area contributed by atoms with E-state index in [1.54, 1.807) is 18.6 Å². The third-order valence-corrected chi connectivity index (χ3v) is 5.55. The van der Waals surface area contributed by atoms with E-state index >= 15 is 0 Å². The molecule has 1 saturated heterocycles. The fourth-order valence-electron chi connectivity index (χ4n) is 3.93. The first-order valence-corrected chi connectivity index (χ1v) is 9.97. The Morgan fingerprint density at radius 3 is 3.03 bits per heavy atom. The summed E-state index contributed by atoms with van der Waals surface area (Å²) in [5, 5.41) is 26.3. The van der Waals surface area contributed by atoms with Gasteiger partial charge in [0.1, 0.15) is 0 Å². The fraction of sp³-hybridized carbons (Fsp3) is 0.368. The third-order valence-electron chi connectivity index (χ3n) is 5.55. The van der Waals surface area contributed by atoms with Crippen LogP contribution >= 0.6 is 0 Å². The third kappa shape index (κ3) is 3.03. The maximum absolute atomic E-state index is 5.43. The summed E-state index contributed by atoms with van der Waals surface area (Å²) in [6, 6.07) is 6.15. The van der Waals surface area contributed by atoms with Gasteiger partial charge in [-0.15, -0.1) is 0 Å². The maximum Gasteiger partial charge on any atom is 0.224 e. The number of hydrogen-bond donors (Lipinski definition) is 2. The van der Waals surface area contributed by atoms with Gasteiger partial charge >= 0.3 is 0 Å². The van der Waals surface area contributed by atoms with Crippen LogP contribution in [0.1, 0.15) is 18.9 Å². The van der Waals surface area contributed by atoms with Crippen molar-refractivity contribution in [2.24, 2.45) is 20.3 Å². The average molecular weight is 404 g/mol. The number of benzene rings is 1. The van der Waals surface area contributed by atoms with Crippen molar-refractivity contribution in [1.29, 1.82) is 0 Å². The molecule has 0 aliphatic carbocycles. The number of ether oxygens (including phenoxy) is 1. The van der Waals surface area contributed by atoms with Gasteiger partial charge in [-0.25, -0.2) is 15.0 Å². The molecule has 1 fully saturated rings. The van der Waals surface area contributed by atoms with Crippen molar-refractivity contribution in [3.63, 3.8) is 0 Å². The van der Waals surface area contributed by atoms with Crippen LogP contribution in [0, 0.1) is 0 Å². The lowest BCUT2D eigenvalue weighted by molar-refractivity contribution is 0.0662. The lowest BCUT2D eigenvalue weighted by Gasteiger charge is -2.23. The summed E-state index contributed by atoms with van der Waals surface area (Å²) in [6.07, 6.45) is 9.03. The molecule has 11 nitrogen and oxygen atoms in total. The molecule has 6 rings (SSSR count). The van der Waals surface area contributed by atoms with Crippen LogP contribution in [0.2, 0.25) is 0 Å². The number of fused-ring (bicyclic) bond motifs is 2. The molecule has 2 N–H and O–H groups in total. The molecule has 3 aliphatic heterocycles. The van der Waals surface area contributed by atoms with Crippen molar-refractivity contribution < 1.29 is 4.74 Å². The molecule has 1 aromatic carbocycles. The van der Waals surface area contributed by atoms with E-state index < -0.39 is 0 Å². The molecule has 0 spiro atoms. The molecule has 0 amide bonds. The van der Waals surface area contributed by atoms with E-state index in [0.717, 1.165) is 48.3 Å². The van der Waals surface area contributed by atoms with Gasteiger partial charge in [-0.2, -0.15) is 15.3 Å². The first kappa shape index (κ1) is 17.3. The van der Waals surface area contributed by atoms with Crippen molar-refractivity contribution in [2.75, 3.05) is 23.5 Å². The second kappa shape index (κ2) is 7.02. The first-order valence-electron chi connectivity index (χ1n) is 9.97. The molecule has 5 heterocycles. The number of aromatic amines is 1. The van der Waals surface area contributed by atoms with Crippen LogP contribution in [-0.2, 0) is 4.74 Å². The van der Waals surface area contributed by atoms with Crippen molar-refractivity contribution in [1.82, 2.24) is 20.0 Å². The van der Waals surface area contributed by atoms with E-state index in [0.29, 0.717) is 12.0 Å². The van der Waals surface area contributed by atoms with Gasteiger partial charge < -0.3 is 10.1 Å². The van der Waals surface area contributed by atoms with E-state index in [-0.39, 0.29) is 12.2 Å². The van der Waals surface area contributed by atoms with Crippen LogP contribution in [0.25, 0.3) is 10.9 Å². The molecule has 0 saturated carbocycles. The molecule has 30 heavy (non-hydrogen) atoms. The van der Waals surface area contributed by atoms with Crippen molar-refractivity contribution in [3.8, 4) is 0 Å². The fourth-order valence-corrected chi connectivity index (χ4v) is 3.93. The average Bonchev–Trinajstić information content (AvgIpc) is 3.53. The highest BCUT2D eigenvalue weighted by molar-refractivity contribution is 6.01. The van der Waals surface area contributed by atoms with Gasteiger partial charge in [0.15, 0.2) is 12.2 Å². The van der Waals surface area contributed by atoms with E-state index in [9.17, 15) is 0 Å². The maximum atomic E-state index is 5.43. The van der Waals surface area contributed by atoms with E-state index in [1.807, 2.05) is 34.1 Å². The lowest BCUT2D eigenvalue weighted by atomic mass is 10.1. The summed E-state index contributed by atoms with van der Waals surface area (Å²) in [6.45, 7) is 1.56. The smallest absolute Gasteiger partial charge is 0.224 e. The number of guanidine groups is 1. The number of aromatic nitrogens is 4. The van der Waals surface area contributed by atoms with Crippen LogP contribution in [0.15, 0.2) is 57.1 Å². The summed E-state index contributed by atoms with van der Waals surface area (Å²) in [7, 11) is 0. The van der Waals surface area contributed by atoms with Crippen molar-refractivity contribution in [3.05, 3.63) is 36.8 Å². The molecule has 3 aromatic rings. The molecule has 3 aliphatic rings. The minimum atomic E-state index is -0.282. The molecular formula is C19H20N10O. The minimum Gasteiger partial charge on any atom is -0.381 e. The van der Waals surface area contributed by atoms with Crippen LogP contribution in [-0.4, -0.2) is 57.6 Å². The van der Waals surface area contributed by atoms with E-state index in [4.69, 9.17) is 9.73 Å². The summed E-state index contributed by atoms with van der Waals surface area (Å²) in [5.74, 6) is 0.516. The minimum absolute atomic E-state index is 0.210. The van der Waals surface area contributed by atoms with Crippen LogP contribution in [0.3, 0.4) is 0 Å². The normalized spacial score (nSPS) is 23.7. The van der Waals surface area contributed by atoms with E-state index in [2.05, 4.69) is 35.9 Å². The predicted molar refractivity (Wildman–Crippen MR) is 112 cm³/mol. The van der Waals surface area contributed by atoms with Crippen molar-refractivity contribution >= 4 is 34.5 Å². The Morgan fingerprint density at radius 2 is 2.10 bits per heavy atom. The zero-order valence-corrected chi connectivity index (χ0v) is 16.1. The highest BCUT2D eigenvalue weighted by Crippen LogP contribution is 2.30. The number of hydrogen-bond acceptors (Lipinski definition) is 9. The quantitative estimate of drug-likeness (QED) is 0.695. The Hall–Kier alpha value is -3.60. The Bertz CT molecular complexity index is 1150. The van der Waals surface area contributed by atoms with Gasteiger partial charge in [-0.3, -0.25) is 9.78 Å². The molecular weight excluding hydrogens is 384 g/mol. The zero-order valence-electron chi connectivity index (χ0n) is 16.1. The lowest BCUT2D eigenvalue weighted by Crippen LogP contribution is -2.38. The van der Waals surface area contributed by atoms with Gasteiger partial charge in [-0.1, -0.05) is 5.22 Å². The molecule has 2 unspecified atom stereocenters. The van der Waals surface area contributed by atoms with Crippen molar-refractivity contribution in [2.45, 2.75) is 31.1 Å². The van der Waals surface area contributed by atoms with Crippen LogP contribution < -0.4 is 10.3 Å². The molecule has 0 bridgehead atoms. The van der Waals surface area contributed by atoms with E-state index in [1.165, 1.54) is 0 Å². The van der Waals surface area contributed by atoms with Gasteiger partial charge in [0.2, 0.25) is 5.96 Å². The Morgan fingerprint density at radius 1 is 1.17 bits per heavy atom. The molecule has 0 radical (unpaired) electrons. The van der Waals surface area contributed by atoms with Gasteiger partial charge in [-0.05, 0) is 31.0 Å². The number of rotatable bonds is 3. The molecule has 2 atom stereocenters. The second-order valence-corrected chi connectivity index (χ2v) is 7.50. The van der Waals surface area contributed by atoms with Gasteiger partial charge in [0, 0.05) is 31.0 Å². The number of H-pyrrole nitrogens is 1. The predicted octanol–water partition coefficient (Wildman–Crippen LogP) is 2.55. The molecule has 152 valence electrons. The number of anilines is 2. The molecule has 11 heteroatoms. The summed E-state index contributed by atoms with van der Waals surface area (Å²) in [5.41, 5.74) is 2.69. The highest BCUT2D eigenvalue weighted by atomic mass is 16.5. The first-order chi connectivity index (χ1) is 14.8. The summed E-state index contributed by atoms with van der Waals surface area (Å²) >= 11 is 0. The Balaban J connectivity index is 1.21. The second-order valence-electron chi connectivity index (χ2n) is 7.50. The molecule has 2 aromatic heterocycles. The number of nitrogens with zero attached hydrogens (tertiary/aromatic N) is 8. The Labute approximate surface area is 171 Å². The largest absolute Gasteiger partial charge is 0.381 e. The number of nitrogens with one attached hydrogen (secondary N) is 2. The van der Waals surface area contributed by atoms with Crippen LogP contribution in [0.4, 0.5) is 11.4 Å². The topological polar surface area (TPSA) is 120 Å². The summed E-state index contributed by atoms with van der Waals surface area (Å²) < 4.78 is 7.43. The van der Waals surface area contributed by atoms with Gasteiger partial charge in [0.25, 0.3) is 0 Å². The Kier molecular flexibility index (Phi) is 4.04. The zero-order chi connectivity index (χ0) is 19.9. The SMILES string of the molecule is C1=NC(Nc2cnn(C3CCOCC3)c2)=NC2C1N=NN2c1ccc2cn[nH]c2c1. The van der Waals surface area contributed by atoms with Crippen LogP contribution in [0.5, 0.6) is 0 Å². The highest BCUT2D eigenvalue weighted by Gasteiger charge is 2.35. The van der Waals surface area contributed by atoms with Gasteiger partial charge in [0.05, 0.1) is 35.3 Å². The monoisotopic (exact) mass is 404 g/mol.